The Kier molecular flexibility index (Phi) is 5.83. The van der Waals surface area contributed by atoms with Gasteiger partial charge in [-0.15, -0.1) is 0 Å². The number of hydrogen-bond acceptors (Lipinski definition) is 6. The molecule has 8 nitrogen and oxygen atoms in total. The molecule has 0 amide bonds. The lowest BCUT2D eigenvalue weighted by Gasteiger charge is -2.21. The topological polar surface area (TPSA) is 104 Å². The number of H-pyrrole nitrogens is 1. The van der Waals surface area contributed by atoms with Crippen molar-refractivity contribution in [1.82, 2.24) is 19.4 Å². The van der Waals surface area contributed by atoms with Gasteiger partial charge in [0.05, 0.1) is 6.54 Å². The van der Waals surface area contributed by atoms with Crippen molar-refractivity contribution >= 4 is 11.6 Å². The van der Waals surface area contributed by atoms with Crippen molar-refractivity contribution in [2.45, 2.75) is 31.8 Å². The van der Waals surface area contributed by atoms with Crippen LogP contribution in [0.2, 0.25) is 0 Å². The first kappa shape index (κ1) is 20.5. The fourth-order valence-electron chi connectivity index (χ4n) is 4.00. The van der Waals surface area contributed by atoms with E-state index < -0.39 is 11.2 Å². The predicted octanol–water partition coefficient (Wildman–Crippen LogP) is 0.983. The number of benzene rings is 1. The van der Waals surface area contributed by atoms with E-state index in [4.69, 9.17) is 5.73 Å². The molecule has 9 heteroatoms. The van der Waals surface area contributed by atoms with E-state index in [9.17, 15) is 18.8 Å². The molecule has 2 aromatic rings. The smallest absolute Gasteiger partial charge is 0.330 e. The molecule has 0 spiro atoms. The number of nitrogens with zero attached hydrogens (tertiary/aromatic N) is 3. The molecule has 1 saturated heterocycles. The molecule has 1 aromatic heterocycles. The molecule has 2 fully saturated rings. The van der Waals surface area contributed by atoms with Gasteiger partial charge in [-0.2, -0.15) is 0 Å². The highest BCUT2D eigenvalue weighted by atomic mass is 19.1. The van der Waals surface area contributed by atoms with Crippen LogP contribution in [0.4, 0.5) is 10.2 Å². The van der Waals surface area contributed by atoms with Crippen LogP contribution in [0.15, 0.2) is 33.9 Å². The first-order valence-electron chi connectivity index (χ1n) is 10.3. The summed E-state index contributed by atoms with van der Waals surface area (Å²) in [6.07, 6.45) is 2.52. The Labute approximate surface area is 173 Å². The molecule has 2 heterocycles. The van der Waals surface area contributed by atoms with E-state index in [1.807, 2.05) is 4.90 Å². The number of Topliss-reactive ketones (excluding diaryl/α,β-unsaturated/α-hetero) is 1. The fraction of sp³-hybridized carbons (Fsp3) is 0.476. The van der Waals surface area contributed by atoms with E-state index in [1.54, 1.807) is 12.1 Å². The number of hydrogen-bond donors (Lipinski definition) is 2. The third-order valence-corrected chi connectivity index (χ3v) is 5.74. The highest BCUT2D eigenvalue weighted by molar-refractivity contribution is 6.01. The van der Waals surface area contributed by atoms with Crippen molar-refractivity contribution in [1.29, 1.82) is 0 Å². The van der Waals surface area contributed by atoms with Crippen LogP contribution >= 0.6 is 0 Å². The Morgan fingerprint density at radius 1 is 1.07 bits per heavy atom. The van der Waals surface area contributed by atoms with E-state index >= 15 is 0 Å². The molecule has 160 valence electrons. The fourth-order valence-corrected chi connectivity index (χ4v) is 4.00. The minimum Gasteiger partial charge on any atom is -0.384 e. The molecular formula is C21H26FN5O3. The van der Waals surface area contributed by atoms with Crippen molar-refractivity contribution in [2.75, 3.05) is 38.5 Å². The zero-order chi connectivity index (χ0) is 21.3. The van der Waals surface area contributed by atoms with Gasteiger partial charge in [-0.05, 0) is 50.0 Å². The second kappa shape index (κ2) is 8.53. The molecule has 0 bridgehead atoms. The van der Waals surface area contributed by atoms with E-state index in [0.717, 1.165) is 51.0 Å². The van der Waals surface area contributed by atoms with Gasteiger partial charge in [0.2, 0.25) is 0 Å². The van der Waals surface area contributed by atoms with Crippen molar-refractivity contribution in [2.24, 2.45) is 0 Å². The van der Waals surface area contributed by atoms with Gasteiger partial charge >= 0.3 is 5.69 Å². The lowest BCUT2D eigenvalue weighted by molar-refractivity contribution is 0.0931. The zero-order valence-corrected chi connectivity index (χ0v) is 16.8. The maximum atomic E-state index is 13.1. The summed E-state index contributed by atoms with van der Waals surface area (Å²) in [4.78, 5) is 43.7. The van der Waals surface area contributed by atoms with Gasteiger partial charge < -0.3 is 5.73 Å². The van der Waals surface area contributed by atoms with Crippen molar-refractivity contribution < 1.29 is 9.18 Å². The van der Waals surface area contributed by atoms with E-state index in [0.29, 0.717) is 6.54 Å². The summed E-state index contributed by atoms with van der Waals surface area (Å²) < 4.78 is 14.4. The standard InChI is InChI=1S/C21H26FN5O3/c22-15-4-2-14(3-5-15)12-25-8-1-9-26(11-10-25)13-17(28)18-19(23)27(16-6-7-16)21(30)24-20(18)29/h2-5,16H,1,6-13,23H2,(H,24,29,30). The molecule has 0 radical (unpaired) electrons. The molecule has 1 aliphatic heterocycles. The maximum absolute atomic E-state index is 13.1. The summed E-state index contributed by atoms with van der Waals surface area (Å²) in [5.41, 5.74) is 5.71. The zero-order valence-electron chi connectivity index (χ0n) is 16.8. The van der Waals surface area contributed by atoms with Crippen LogP contribution in [0.5, 0.6) is 0 Å². The molecule has 0 atom stereocenters. The number of aromatic amines is 1. The average molecular weight is 415 g/mol. The van der Waals surface area contributed by atoms with Gasteiger partial charge in [-0.3, -0.25) is 28.9 Å². The maximum Gasteiger partial charge on any atom is 0.330 e. The summed E-state index contributed by atoms with van der Waals surface area (Å²) in [6, 6.07) is 6.46. The molecule has 2 aliphatic rings. The highest BCUT2D eigenvalue weighted by Gasteiger charge is 2.30. The molecular weight excluding hydrogens is 389 g/mol. The van der Waals surface area contributed by atoms with Gasteiger partial charge in [0, 0.05) is 25.7 Å². The summed E-state index contributed by atoms with van der Waals surface area (Å²) in [5, 5.41) is 0. The number of rotatable bonds is 6. The summed E-state index contributed by atoms with van der Waals surface area (Å²) in [7, 11) is 0. The van der Waals surface area contributed by atoms with Crippen LogP contribution in [0.1, 0.15) is 41.2 Å². The van der Waals surface area contributed by atoms with Crippen LogP contribution in [0, 0.1) is 5.82 Å². The summed E-state index contributed by atoms with van der Waals surface area (Å²) in [5.74, 6) is -0.638. The molecule has 1 saturated carbocycles. The van der Waals surface area contributed by atoms with Gasteiger partial charge in [-0.1, -0.05) is 12.1 Å². The first-order valence-corrected chi connectivity index (χ1v) is 10.3. The number of carbonyl (C=O) groups excluding carboxylic acids is 1. The van der Waals surface area contributed by atoms with Crippen LogP contribution in [0.25, 0.3) is 0 Å². The number of aromatic nitrogens is 2. The van der Waals surface area contributed by atoms with Gasteiger partial charge in [0.15, 0.2) is 5.78 Å². The second-order valence-corrected chi connectivity index (χ2v) is 8.08. The van der Waals surface area contributed by atoms with E-state index in [1.165, 1.54) is 16.7 Å². The quantitative estimate of drug-likeness (QED) is 0.682. The number of carbonyl (C=O) groups is 1. The van der Waals surface area contributed by atoms with Gasteiger partial charge in [-0.25, -0.2) is 9.18 Å². The van der Waals surface area contributed by atoms with Crippen LogP contribution in [0.3, 0.4) is 0 Å². The van der Waals surface area contributed by atoms with Gasteiger partial charge in [0.1, 0.15) is 17.2 Å². The van der Waals surface area contributed by atoms with Gasteiger partial charge in [0.25, 0.3) is 5.56 Å². The van der Waals surface area contributed by atoms with E-state index in [2.05, 4.69) is 9.88 Å². The number of ketones is 1. The summed E-state index contributed by atoms with van der Waals surface area (Å²) >= 11 is 0. The predicted molar refractivity (Wildman–Crippen MR) is 111 cm³/mol. The Balaban J connectivity index is 1.41. The van der Waals surface area contributed by atoms with Crippen LogP contribution in [-0.4, -0.2) is 57.9 Å². The Bertz CT molecular complexity index is 1040. The third-order valence-electron chi connectivity index (χ3n) is 5.74. The van der Waals surface area contributed by atoms with Crippen molar-refractivity contribution in [3.8, 4) is 0 Å². The average Bonchev–Trinajstić information content (AvgIpc) is 3.52. The number of nitrogens with two attached hydrogens (primary N) is 1. The normalized spacial score (nSPS) is 18.3. The largest absolute Gasteiger partial charge is 0.384 e. The molecule has 3 N–H and O–H groups in total. The number of anilines is 1. The minimum absolute atomic E-state index is 0.0241. The van der Waals surface area contributed by atoms with Crippen molar-refractivity contribution in [3.63, 3.8) is 0 Å². The Hall–Kier alpha value is -2.78. The molecule has 1 aromatic carbocycles. The highest BCUT2D eigenvalue weighted by Crippen LogP contribution is 2.35. The van der Waals surface area contributed by atoms with Crippen molar-refractivity contribution in [3.05, 3.63) is 62.0 Å². The number of nitrogens with one attached hydrogen (secondary N) is 1. The SMILES string of the molecule is Nc1c(C(=O)CN2CCCN(Cc3ccc(F)cc3)CC2)c(=O)[nH]c(=O)n1C1CC1. The number of halogens is 1. The minimum atomic E-state index is -0.716. The Morgan fingerprint density at radius 3 is 2.43 bits per heavy atom. The molecule has 0 unspecified atom stereocenters. The number of nitrogen functional groups attached to an aromatic ring is 1. The third kappa shape index (κ3) is 4.52. The molecule has 30 heavy (non-hydrogen) atoms. The second-order valence-electron chi connectivity index (χ2n) is 8.08. The van der Waals surface area contributed by atoms with E-state index in [-0.39, 0.29) is 35.6 Å². The lowest BCUT2D eigenvalue weighted by Crippen LogP contribution is -2.40. The van der Waals surface area contributed by atoms with Crippen LogP contribution < -0.4 is 17.0 Å². The summed E-state index contributed by atoms with van der Waals surface area (Å²) in [6.45, 7) is 3.84. The molecule has 1 aliphatic carbocycles. The Morgan fingerprint density at radius 2 is 1.73 bits per heavy atom. The monoisotopic (exact) mass is 415 g/mol. The van der Waals surface area contributed by atoms with Crippen LogP contribution in [-0.2, 0) is 6.54 Å². The first-order chi connectivity index (χ1) is 14.4. The lowest BCUT2D eigenvalue weighted by atomic mass is 10.1. The molecule has 4 rings (SSSR count).